The van der Waals surface area contributed by atoms with Crippen LogP contribution in [0, 0.1) is 0 Å². The van der Waals surface area contributed by atoms with Crippen molar-refractivity contribution < 1.29 is 13.2 Å². The van der Waals surface area contributed by atoms with Crippen LogP contribution < -0.4 is 5.14 Å². The molecule has 0 fully saturated rings. The highest BCUT2D eigenvalue weighted by Gasteiger charge is 2.26. The maximum atomic E-state index is 13.3. The lowest BCUT2D eigenvalue weighted by atomic mass is 9.92. The molecule has 180 valence electrons. The third-order valence-corrected chi connectivity index (χ3v) is 8.51. The molecule has 2 aliphatic rings. The molecule has 0 saturated heterocycles. The zero-order valence-corrected chi connectivity index (χ0v) is 21.8. The van der Waals surface area contributed by atoms with Crippen molar-refractivity contribution in [1.29, 1.82) is 0 Å². The maximum absolute atomic E-state index is 13.3. The van der Waals surface area contributed by atoms with Crippen LogP contribution in [0.1, 0.15) is 23.3 Å². The van der Waals surface area contributed by atoms with Crippen LogP contribution in [0.5, 0.6) is 0 Å². The second-order valence-electron chi connectivity index (χ2n) is 8.35. The summed E-state index contributed by atoms with van der Waals surface area (Å²) in [6, 6.07) is 11.6. The topological polar surface area (TPSA) is 80.5 Å². The van der Waals surface area contributed by atoms with Crippen LogP contribution in [0.3, 0.4) is 0 Å². The summed E-state index contributed by atoms with van der Waals surface area (Å²) in [5.74, 6) is -0.0512. The molecule has 8 heteroatoms. The molecule has 0 spiro atoms. The van der Waals surface area contributed by atoms with Gasteiger partial charge in [-0.1, -0.05) is 41.8 Å². The quantitative estimate of drug-likeness (QED) is 0.368. The second kappa shape index (κ2) is 11.3. The highest BCUT2D eigenvalue weighted by molar-refractivity contribution is 7.97. The average molecular weight is 523 g/mol. The van der Waals surface area contributed by atoms with Crippen LogP contribution in [0.15, 0.2) is 98.5 Å². The number of sulfone groups is 1. The van der Waals surface area contributed by atoms with E-state index in [4.69, 9.17) is 5.14 Å². The van der Waals surface area contributed by atoms with Gasteiger partial charge in [0.1, 0.15) is 0 Å². The summed E-state index contributed by atoms with van der Waals surface area (Å²) in [4.78, 5) is 17.2. The summed E-state index contributed by atoms with van der Waals surface area (Å²) in [6.07, 6.45) is 9.99. The Hall–Kier alpha value is -2.83. The first-order chi connectivity index (χ1) is 16.8. The minimum absolute atomic E-state index is 0.0512. The van der Waals surface area contributed by atoms with Gasteiger partial charge in [0.2, 0.25) is 5.91 Å². The zero-order chi connectivity index (χ0) is 24.8. The monoisotopic (exact) mass is 522 g/mol. The number of rotatable bonds is 9. The maximum Gasteiger partial charge on any atom is 0.228 e. The Balaban J connectivity index is 1.70. The Morgan fingerprint density at radius 1 is 1.17 bits per heavy atom. The molecule has 2 N–H and O–H groups in total. The number of carbonyl (C=O) groups is 1. The third-order valence-electron chi connectivity index (χ3n) is 5.82. The first-order valence-electron chi connectivity index (χ1n) is 11.1. The summed E-state index contributed by atoms with van der Waals surface area (Å²) >= 11 is 2.69. The van der Waals surface area contributed by atoms with Crippen molar-refractivity contribution in [2.75, 3.05) is 19.3 Å². The van der Waals surface area contributed by atoms with Gasteiger partial charge < -0.3 is 4.90 Å². The molecule has 1 heterocycles. The van der Waals surface area contributed by atoms with Gasteiger partial charge in [0, 0.05) is 28.1 Å². The molecule has 0 saturated carbocycles. The van der Waals surface area contributed by atoms with E-state index in [1.54, 1.807) is 17.1 Å². The Kier molecular flexibility index (Phi) is 8.14. The smallest absolute Gasteiger partial charge is 0.228 e. The van der Waals surface area contributed by atoms with Crippen molar-refractivity contribution in [3.63, 3.8) is 0 Å². The van der Waals surface area contributed by atoms with E-state index in [-0.39, 0.29) is 23.8 Å². The van der Waals surface area contributed by atoms with Crippen molar-refractivity contribution in [3.8, 4) is 0 Å². The standard InChI is InChI=1S/C27H26N2O3S3/c1-35(31,32)26-16-21(24-11-5-6-12-25(24)34-28)13-14-22(26)19-29(18-20-8-3-2-4-9-20)27(30)17-23-10-7-15-33-23/h2-3,5-8,10-12,15-16H,13-14,17-19,28H2,1H3. The molecular formula is C27H26N2O3S3. The first kappa shape index (κ1) is 25.3. The van der Waals surface area contributed by atoms with E-state index >= 15 is 0 Å². The summed E-state index contributed by atoms with van der Waals surface area (Å²) in [6.45, 7) is 0.581. The van der Waals surface area contributed by atoms with Crippen molar-refractivity contribution in [2.24, 2.45) is 5.14 Å². The summed E-state index contributed by atoms with van der Waals surface area (Å²) in [7, 11) is -3.51. The number of amides is 1. The Labute approximate surface area is 214 Å². The van der Waals surface area contributed by atoms with E-state index in [2.05, 4.69) is 11.5 Å². The van der Waals surface area contributed by atoms with Crippen LogP contribution >= 0.6 is 23.3 Å². The SMILES string of the molecule is CS(=O)(=O)C1=C(CN(CC2=C=C=CC=C2)C(=O)Cc2cccs2)CCC(c2ccccc2SN)=C1. The highest BCUT2D eigenvalue weighted by Crippen LogP contribution is 2.36. The van der Waals surface area contributed by atoms with Gasteiger partial charge in [0.25, 0.3) is 0 Å². The van der Waals surface area contributed by atoms with Crippen LogP contribution in [-0.2, 0) is 21.1 Å². The lowest BCUT2D eigenvalue weighted by Crippen LogP contribution is -2.36. The van der Waals surface area contributed by atoms with Crippen molar-refractivity contribution in [3.05, 3.63) is 104 Å². The Morgan fingerprint density at radius 2 is 2.00 bits per heavy atom. The van der Waals surface area contributed by atoms with Gasteiger partial charge in [-0.25, -0.2) is 8.42 Å². The third kappa shape index (κ3) is 6.44. The van der Waals surface area contributed by atoms with Crippen LogP contribution in [0.2, 0.25) is 0 Å². The number of hydrogen-bond donors (Lipinski definition) is 1. The largest absolute Gasteiger partial charge is 0.333 e. The lowest BCUT2D eigenvalue weighted by molar-refractivity contribution is -0.129. The van der Waals surface area contributed by atoms with Gasteiger partial charge >= 0.3 is 0 Å². The number of nitrogens with two attached hydrogens (primary N) is 1. The van der Waals surface area contributed by atoms with Gasteiger partial charge in [-0.15, -0.1) is 11.3 Å². The molecule has 4 rings (SSSR count). The molecule has 2 aliphatic carbocycles. The zero-order valence-electron chi connectivity index (χ0n) is 19.4. The number of nitrogens with zero attached hydrogens (tertiary/aromatic N) is 1. The first-order valence-corrected chi connectivity index (χ1v) is 14.8. The predicted molar refractivity (Wildman–Crippen MR) is 144 cm³/mol. The van der Waals surface area contributed by atoms with E-state index in [1.807, 2.05) is 53.9 Å². The minimum atomic E-state index is -3.51. The summed E-state index contributed by atoms with van der Waals surface area (Å²) < 4.78 is 25.7. The van der Waals surface area contributed by atoms with Crippen LogP contribution in [0.4, 0.5) is 0 Å². The minimum Gasteiger partial charge on any atom is -0.333 e. The number of allylic oxidation sites excluding steroid dienone is 4. The van der Waals surface area contributed by atoms with Gasteiger partial charge in [-0.2, -0.15) is 0 Å². The molecule has 1 aromatic carbocycles. The van der Waals surface area contributed by atoms with Gasteiger partial charge in [0.05, 0.1) is 17.9 Å². The molecule has 0 radical (unpaired) electrons. The Morgan fingerprint density at radius 3 is 2.69 bits per heavy atom. The molecule has 2 aromatic rings. The lowest BCUT2D eigenvalue weighted by Gasteiger charge is -2.28. The molecule has 0 bridgehead atoms. The highest BCUT2D eigenvalue weighted by atomic mass is 32.2. The Bertz CT molecular complexity index is 1420. The molecule has 0 aliphatic heterocycles. The fourth-order valence-corrected chi connectivity index (χ4v) is 6.36. The number of carbonyl (C=O) groups excluding carboxylic acids is 1. The number of hydrogen-bond acceptors (Lipinski definition) is 6. The molecule has 5 nitrogen and oxygen atoms in total. The van der Waals surface area contributed by atoms with Crippen molar-refractivity contribution in [2.45, 2.75) is 24.2 Å². The van der Waals surface area contributed by atoms with E-state index in [0.29, 0.717) is 19.4 Å². The normalized spacial score (nSPS) is 15.3. The average Bonchev–Trinajstić information content (AvgIpc) is 3.37. The second-order valence-corrected chi connectivity index (χ2v) is 12.0. The van der Waals surface area contributed by atoms with Gasteiger partial charge in [0.15, 0.2) is 9.84 Å². The summed E-state index contributed by atoms with van der Waals surface area (Å²) in [5.41, 5.74) is 9.44. The fraction of sp³-hybridized carbons (Fsp3) is 0.222. The molecule has 35 heavy (non-hydrogen) atoms. The van der Waals surface area contributed by atoms with E-state index < -0.39 is 9.84 Å². The molecule has 0 unspecified atom stereocenters. The van der Waals surface area contributed by atoms with Crippen molar-refractivity contribution >= 4 is 44.6 Å². The molecular weight excluding hydrogens is 497 g/mol. The van der Waals surface area contributed by atoms with Crippen LogP contribution in [-0.4, -0.2) is 38.6 Å². The predicted octanol–water partition coefficient (Wildman–Crippen LogP) is 5.07. The molecule has 1 aromatic heterocycles. The summed E-state index contributed by atoms with van der Waals surface area (Å²) in [5, 5.41) is 7.79. The van der Waals surface area contributed by atoms with E-state index in [9.17, 15) is 13.2 Å². The number of benzene rings is 1. The van der Waals surface area contributed by atoms with E-state index in [1.165, 1.54) is 17.6 Å². The van der Waals surface area contributed by atoms with E-state index in [0.717, 1.165) is 44.0 Å². The van der Waals surface area contributed by atoms with Gasteiger partial charge in [-0.3, -0.25) is 9.93 Å². The van der Waals surface area contributed by atoms with Crippen LogP contribution in [0.25, 0.3) is 5.57 Å². The fourth-order valence-electron chi connectivity index (χ4n) is 4.14. The number of thiophene rings is 1. The molecule has 0 atom stereocenters. The van der Waals surface area contributed by atoms with Crippen molar-refractivity contribution in [1.82, 2.24) is 4.90 Å². The molecule has 1 amide bonds. The van der Waals surface area contributed by atoms with Gasteiger partial charge in [-0.05, 0) is 77.2 Å².